The van der Waals surface area contributed by atoms with Gasteiger partial charge in [-0.3, -0.25) is 9.80 Å². The van der Waals surface area contributed by atoms with Crippen LogP contribution in [0.3, 0.4) is 0 Å². The highest BCUT2D eigenvalue weighted by Crippen LogP contribution is 1.97. The van der Waals surface area contributed by atoms with Crippen LogP contribution in [0.2, 0.25) is 0 Å². The van der Waals surface area contributed by atoms with Crippen LogP contribution in [0.5, 0.6) is 0 Å². The molecule has 1 amide bonds. The minimum Gasteiger partial charge on any atom is -0.304 e. The first-order chi connectivity index (χ1) is 7.65. The molecule has 0 saturated heterocycles. The van der Waals surface area contributed by atoms with E-state index in [0.29, 0.717) is 0 Å². The Morgan fingerprint density at radius 2 is 1.75 bits per heavy atom. The maximum Gasteiger partial charge on any atom is 0.233 e. The molecule has 0 spiro atoms. The molecule has 0 radical (unpaired) electrons. The summed E-state index contributed by atoms with van der Waals surface area (Å²) in [6, 6.07) is 0. The smallest absolute Gasteiger partial charge is 0.233 e. The molecule has 0 bridgehead atoms. The number of carbonyl (C=O) groups is 1. The molecule has 0 heterocycles. The number of amides is 1. The summed E-state index contributed by atoms with van der Waals surface area (Å²) in [5.41, 5.74) is 2.90. The van der Waals surface area contributed by atoms with E-state index in [0.717, 1.165) is 26.1 Å². The van der Waals surface area contributed by atoms with Gasteiger partial charge in [-0.2, -0.15) is 0 Å². The summed E-state index contributed by atoms with van der Waals surface area (Å²) in [4.78, 5) is 13.6. The summed E-state index contributed by atoms with van der Waals surface area (Å²) >= 11 is 0. The molecule has 0 rings (SSSR count). The van der Waals surface area contributed by atoms with Gasteiger partial charge in [0.25, 0.3) is 0 Å². The molecule has 1 N–H and O–H groups in total. The van der Waals surface area contributed by atoms with Crippen molar-refractivity contribution in [2.75, 3.05) is 33.2 Å². The summed E-state index contributed by atoms with van der Waals surface area (Å²) in [5.74, 6) is 0.0825. The fourth-order valence-electron chi connectivity index (χ4n) is 1.69. The predicted octanol–water partition coefficient (Wildman–Crippen LogP) is 1.48. The molecule has 0 aliphatic heterocycles. The highest BCUT2D eigenvalue weighted by atomic mass is 16.2. The van der Waals surface area contributed by atoms with Crippen LogP contribution in [-0.4, -0.2) is 49.0 Å². The number of hydrogen-bond acceptors (Lipinski definition) is 3. The molecule has 0 aromatic heterocycles. The SMILES string of the molecule is CCCCN(CC)CCCN(NC)C(C)=O. The van der Waals surface area contributed by atoms with Crippen molar-refractivity contribution in [2.45, 2.75) is 40.0 Å². The van der Waals surface area contributed by atoms with Gasteiger partial charge in [0.15, 0.2) is 0 Å². The van der Waals surface area contributed by atoms with Crippen LogP contribution >= 0.6 is 0 Å². The maximum absolute atomic E-state index is 11.1. The van der Waals surface area contributed by atoms with E-state index in [4.69, 9.17) is 0 Å². The van der Waals surface area contributed by atoms with Crippen molar-refractivity contribution in [2.24, 2.45) is 0 Å². The van der Waals surface area contributed by atoms with Crippen LogP contribution in [0, 0.1) is 0 Å². The molecule has 0 saturated carbocycles. The Bertz CT molecular complexity index is 185. The minimum atomic E-state index is 0.0825. The van der Waals surface area contributed by atoms with Crippen molar-refractivity contribution >= 4 is 5.91 Å². The average Bonchev–Trinajstić information content (AvgIpc) is 2.28. The summed E-state index contributed by atoms with van der Waals surface area (Å²) in [5, 5.41) is 1.66. The average molecular weight is 229 g/mol. The zero-order valence-corrected chi connectivity index (χ0v) is 11.3. The van der Waals surface area contributed by atoms with Crippen LogP contribution in [0.25, 0.3) is 0 Å². The molecule has 4 heteroatoms. The monoisotopic (exact) mass is 229 g/mol. The molecule has 0 aromatic carbocycles. The van der Waals surface area contributed by atoms with Gasteiger partial charge in [0.2, 0.25) is 5.91 Å². The second-order valence-electron chi connectivity index (χ2n) is 4.04. The van der Waals surface area contributed by atoms with E-state index in [9.17, 15) is 4.79 Å². The molecule has 4 nitrogen and oxygen atoms in total. The Morgan fingerprint density at radius 3 is 2.19 bits per heavy atom. The van der Waals surface area contributed by atoms with Crippen molar-refractivity contribution in [3.8, 4) is 0 Å². The highest BCUT2D eigenvalue weighted by Gasteiger charge is 2.06. The van der Waals surface area contributed by atoms with E-state index in [2.05, 4.69) is 24.2 Å². The number of hydrazine groups is 1. The first-order valence-corrected chi connectivity index (χ1v) is 6.33. The summed E-state index contributed by atoms with van der Waals surface area (Å²) in [6.07, 6.45) is 3.53. The summed E-state index contributed by atoms with van der Waals surface area (Å²) in [6.45, 7) is 10.1. The van der Waals surface area contributed by atoms with Crippen molar-refractivity contribution in [3.05, 3.63) is 0 Å². The quantitative estimate of drug-likeness (QED) is 0.608. The van der Waals surface area contributed by atoms with Crippen molar-refractivity contribution < 1.29 is 4.79 Å². The maximum atomic E-state index is 11.1. The third-order valence-electron chi connectivity index (χ3n) is 2.78. The zero-order valence-electron chi connectivity index (χ0n) is 11.3. The number of unbranched alkanes of at least 4 members (excludes halogenated alkanes) is 1. The standard InChI is InChI=1S/C12H27N3O/c1-5-7-9-14(6-2)10-8-11-15(13-4)12(3)16/h13H,5-11H2,1-4H3. The lowest BCUT2D eigenvalue weighted by atomic mass is 10.3. The first-order valence-electron chi connectivity index (χ1n) is 6.33. The van der Waals surface area contributed by atoms with Crippen molar-refractivity contribution in [3.63, 3.8) is 0 Å². The molecule has 0 atom stereocenters. The summed E-state index contributed by atoms with van der Waals surface area (Å²) < 4.78 is 0. The Morgan fingerprint density at radius 1 is 1.12 bits per heavy atom. The van der Waals surface area contributed by atoms with Gasteiger partial charge >= 0.3 is 0 Å². The van der Waals surface area contributed by atoms with Crippen LogP contribution in [-0.2, 0) is 4.79 Å². The van der Waals surface area contributed by atoms with E-state index in [1.54, 1.807) is 19.0 Å². The van der Waals surface area contributed by atoms with Crippen molar-refractivity contribution in [1.29, 1.82) is 0 Å². The Labute approximate surface area is 100.0 Å². The normalized spacial score (nSPS) is 10.8. The third kappa shape index (κ3) is 6.80. The number of nitrogens with one attached hydrogen (secondary N) is 1. The molecule has 96 valence electrons. The molecule has 0 aromatic rings. The van der Waals surface area contributed by atoms with Gasteiger partial charge in [0, 0.05) is 20.5 Å². The Balaban J connectivity index is 3.71. The van der Waals surface area contributed by atoms with Gasteiger partial charge in [0.1, 0.15) is 0 Å². The van der Waals surface area contributed by atoms with Gasteiger partial charge in [-0.25, -0.2) is 5.43 Å². The zero-order chi connectivity index (χ0) is 12.4. The molecular weight excluding hydrogens is 202 g/mol. The van der Waals surface area contributed by atoms with Gasteiger partial charge in [-0.15, -0.1) is 0 Å². The number of hydrogen-bond donors (Lipinski definition) is 1. The Hall–Kier alpha value is -0.610. The van der Waals surface area contributed by atoms with E-state index >= 15 is 0 Å². The fraction of sp³-hybridized carbons (Fsp3) is 0.917. The number of rotatable bonds is 9. The Kier molecular flexibility index (Phi) is 9.24. The van der Waals surface area contributed by atoms with E-state index < -0.39 is 0 Å². The topological polar surface area (TPSA) is 35.6 Å². The molecule has 0 aliphatic carbocycles. The molecule has 0 aliphatic rings. The second kappa shape index (κ2) is 9.60. The van der Waals surface area contributed by atoms with Crippen LogP contribution in [0.1, 0.15) is 40.0 Å². The number of nitrogens with zero attached hydrogens (tertiary/aromatic N) is 2. The van der Waals surface area contributed by atoms with E-state index in [-0.39, 0.29) is 5.91 Å². The predicted molar refractivity (Wildman–Crippen MR) is 68.1 cm³/mol. The molecule has 0 fully saturated rings. The number of carbonyl (C=O) groups excluding carboxylic acids is 1. The van der Waals surface area contributed by atoms with Gasteiger partial charge in [-0.05, 0) is 32.5 Å². The highest BCUT2D eigenvalue weighted by molar-refractivity contribution is 5.72. The largest absolute Gasteiger partial charge is 0.304 e. The van der Waals surface area contributed by atoms with E-state index in [1.807, 2.05) is 0 Å². The minimum absolute atomic E-state index is 0.0825. The van der Waals surface area contributed by atoms with Crippen LogP contribution < -0.4 is 5.43 Å². The van der Waals surface area contributed by atoms with Gasteiger partial charge in [0.05, 0.1) is 0 Å². The molecular formula is C12H27N3O. The van der Waals surface area contributed by atoms with Crippen molar-refractivity contribution in [1.82, 2.24) is 15.3 Å². The first kappa shape index (κ1) is 15.4. The van der Waals surface area contributed by atoms with Gasteiger partial charge in [-0.1, -0.05) is 20.3 Å². The molecule has 0 unspecified atom stereocenters. The lowest BCUT2D eigenvalue weighted by molar-refractivity contribution is -0.131. The van der Waals surface area contributed by atoms with Gasteiger partial charge < -0.3 is 4.90 Å². The lowest BCUT2D eigenvalue weighted by Crippen LogP contribution is -2.40. The molecule has 16 heavy (non-hydrogen) atoms. The fourth-order valence-corrected chi connectivity index (χ4v) is 1.69. The summed E-state index contributed by atoms with van der Waals surface area (Å²) in [7, 11) is 1.79. The third-order valence-corrected chi connectivity index (χ3v) is 2.78. The van der Waals surface area contributed by atoms with Crippen LogP contribution in [0.4, 0.5) is 0 Å². The van der Waals surface area contributed by atoms with E-state index in [1.165, 1.54) is 19.4 Å². The lowest BCUT2D eigenvalue weighted by Gasteiger charge is -2.23. The van der Waals surface area contributed by atoms with Crippen LogP contribution in [0.15, 0.2) is 0 Å². The second-order valence-corrected chi connectivity index (χ2v) is 4.04.